The highest BCUT2D eigenvalue weighted by molar-refractivity contribution is 6.36. The van der Waals surface area contributed by atoms with Gasteiger partial charge in [-0.25, -0.2) is 4.79 Å². The Morgan fingerprint density at radius 2 is 2.05 bits per heavy atom. The predicted octanol–water partition coefficient (Wildman–Crippen LogP) is 4.34. The number of halogens is 4. The van der Waals surface area contributed by atoms with E-state index in [9.17, 15) is 18.0 Å². The van der Waals surface area contributed by atoms with Crippen LogP contribution in [-0.2, 0) is 11.3 Å². The average molecular weight is 320 g/mol. The van der Waals surface area contributed by atoms with Crippen molar-refractivity contribution in [2.75, 3.05) is 6.61 Å². The third-order valence-electron chi connectivity index (χ3n) is 3.03. The van der Waals surface area contributed by atoms with Gasteiger partial charge in [0.1, 0.15) is 12.2 Å². The van der Waals surface area contributed by atoms with E-state index in [0.29, 0.717) is 10.4 Å². The molecule has 1 aromatic heterocycles. The minimum Gasteiger partial charge on any atom is -0.461 e. The van der Waals surface area contributed by atoms with Gasteiger partial charge >= 0.3 is 12.1 Å². The van der Waals surface area contributed by atoms with Crippen molar-refractivity contribution in [1.82, 2.24) is 4.57 Å². The zero-order valence-corrected chi connectivity index (χ0v) is 12.2. The van der Waals surface area contributed by atoms with Crippen LogP contribution in [0.25, 0.3) is 10.9 Å². The number of aromatic nitrogens is 1. The Bertz CT molecular complexity index is 692. The zero-order valence-electron chi connectivity index (χ0n) is 11.4. The lowest BCUT2D eigenvalue weighted by Gasteiger charge is -2.12. The number of hydrogen-bond acceptors (Lipinski definition) is 2. The molecule has 21 heavy (non-hydrogen) atoms. The number of carbonyl (C=O) groups is 1. The van der Waals surface area contributed by atoms with E-state index in [1.54, 1.807) is 19.9 Å². The Morgan fingerprint density at radius 1 is 1.38 bits per heavy atom. The standard InChI is InChI=1S/C14H13ClF3NO2/c1-3-21-13(20)11-6-9-10(5-4-8(2)12(9)15)19(11)7-14(16,17)18/h4-6H,3,7H2,1-2H3. The fourth-order valence-corrected chi connectivity index (χ4v) is 2.35. The van der Waals surface area contributed by atoms with Crippen molar-refractivity contribution in [3.63, 3.8) is 0 Å². The van der Waals surface area contributed by atoms with Gasteiger partial charge in [0, 0.05) is 5.39 Å². The normalized spacial score (nSPS) is 11.9. The number of fused-ring (bicyclic) bond motifs is 1. The monoisotopic (exact) mass is 319 g/mol. The molecule has 1 aromatic carbocycles. The van der Waals surface area contributed by atoms with E-state index in [0.717, 1.165) is 10.1 Å². The molecule has 114 valence electrons. The quantitative estimate of drug-likeness (QED) is 0.788. The number of carbonyl (C=O) groups excluding carboxylic acids is 1. The summed E-state index contributed by atoms with van der Waals surface area (Å²) < 4.78 is 43.9. The Balaban J connectivity index is 2.68. The predicted molar refractivity (Wildman–Crippen MR) is 73.7 cm³/mol. The largest absolute Gasteiger partial charge is 0.461 e. The molecule has 0 fully saturated rings. The number of rotatable bonds is 3. The maximum absolute atomic E-state index is 12.7. The molecule has 2 aromatic rings. The second kappa shape index (κ2) is 5.60. The summed E-state index contributed by atoms with van der Waals surface area (Å²) in [6.07, 6.45) is -4.45. The minimum absolute atomic E-state index is 0.0825. The highest BCUT2D eigenvalue weighted by Crippen LogP contribution is 2.32. The maximum atomic E-state index is 12.7. The Morgan fingerprint density at radius 3 is 2.62 bits per heavy atom. The number of alkyl halides is 3. The van der Waals surface area contributed by atoms with E-state index in [-0.39, 0.29) is 17.8 Å². The molecule has 3 nitrogen and oxygen atoms in total. The Kier molecular flexibility index (Phi) is 4.18. The third kappa shape index (κ3) is 3.15. The summed E-state index contributed by atoms with van der Waals surface area (Å²) in [7, 11) is 0. The van der Waals surface area contributed by atoms with Crippen molar-refractivity contribution in [2.24, 2.45) is 0 Å². The molecule has 0 bridgehead atoms. The lowest BCUT2D eigenvalue weighted by molar-refractivity contribution is -0.140. The molecule has 2 rings (SSSR count). The van der Waals surface area contributed by atoms with Crippen LogP contribution in [0.3, 0.4) is 0 Å². The Labute approximate surface area is 124 Å². The van der Waals surface area contributed by atoms with Gasteiger partial charge in [0.05, 0.1) is 17.1 Å². The van der Waals surface area contributed by atoms with Gasteiger partial charge in [0.25, 0.3) is 0 Å². The van der Waals surface area contributed by atoms with Crippen LogP contribution < -0.4 is 0 Å². The summed E-state index contributed by atoms with van der Waals surface area (Å²) in [5.74, 6) is -0.799. The SMILES string of the molecule is CCOC(=O)c1cc2c(Cl)c(C)ccc2n1CC(F)(F)F. The van der Waals surface area contributed by atoms with Gasteiger partial charge in [0.2, 0.25) is 0 Å². The zero-order chi connectivity index (χ0) is 15.8. The summed E-state index contributed by atoms with van der Waals surface area (Å²) in [5.41, 5.74) is 0.825. The Hall–Kier alpha value is -1.69. The molecule has 0 aliphatic rings. The molecule has 0 aliphatic carbocycles. The van der Waals surface area contributed by atoms with Crippen molar-refractivity contribution in [3.8, 4) is 0 Å². The van der Waals surface area contributed by atoms with Crippen LogP contribution in [0.4, 0.5) is 13.2 Å². The van der Waals surface area contributed by atoms with Crippen LogP contribution in [0.1, 0.15) is 23.0 Å². The molecule has 0 spiro atoms. The number of esters is 1. The van der Waals surface area contributed by atoms with Gasteiger partial charge in [-0.1, -0.05) is 17.7 Å². The molecule has 0 radical (unpaired) electrons. The van der Waals surface area contributed by atoms with Crippen LogP contribution in [0, 0.1) is 6.92 Å². The maximum Gasteiger partial charge on any atom is 0.406 e. The third-order valence-corrected chi connectivity index (χ3v) is 3.54. The fraction of sp³-hybridized carbons (Fsp3) is 0.357. The van der Waals surface area contributed by atoms with E-state index in [2.05, 4.69) is 0 Å². The van der Waals surface area contributed by atoms with Gasteiger partial charge in [-0.15, -0.1) is 0 Å². The lowest BCUT2D eigenvalue weighted by atomic mass is 10.2. The first-order valence-corrected chi connectivity index (χ1v) is 6.64. The van der Waals surface area contributed by atoms with Crippen molar-refractivity contribution in [3.05, 3.63) is 34.5 Å². The van der Waals surface area contributed by atoms with Crippen LogP contribution in [0.15, 0.2) is 18.2 Å². The van der Waals surface area contributed by atoms with Crippen LogP contribution >= 0.6 is 11.6 Å². The second-order valence-corrected chi connectivity index (χ2v) is 4.96. The van der Waals surface area contributed by atoms with E-state index in [1.165, 1.54) is 12.1 Å². The first-order valence-electron chi connectivity index (χ1n) is 6.26. The van der Waals surface area contributed by atoms with Crippen molar-refractivity contribution in [1.29, 1.82) is 0 Å². The highest BCUT2D eigenvalue weighted by Gasteiger charge is 2.31. The summed E-state index contributed by atoms with van der Waals surface area (Å²) >= 11 is 6.12. The first-order chi connectivity index (χ1) is 9.74. The fourth-order valence-electron chi connectivity index (χ4n) is 2.13. The number of ether oxygens (including phenoxy) is 1. The van der Waals surface area contributed by atoms with Gasteiger partial charge in [0.15, 0.2) is 0 Å². The summed E-state index contributed by atoms with van der Waals surface area (Å²) in [5, 5.41) is 0.739. The summed E-state index contributed by atoms with van der Waals surface area (Å²) in [4.78, 5) is 11.9. The molecular weight excluding hydrogens is 307 g/mol. The van der Waals surface area contributed by atoms with E-state index < -0.39 is 18.7 Å². The molecule has 0 saturated heterocycles. The number of nitrogens with zero attached hydrogens (tertiary/aromatic N) is 1. The van der Waals surface area contributed by atoms with Gasteiger partial charge in [-0.2, -0.15) is 13.2 Å². The number of benzene rings is 1. The van der Waals surface area contributed by atoms with Gasteiger partial charge < -0.3 is 9.30 Å². The van der Waals surface area contributed by atoms with Crippen LogP contribution in [0.5, 0.6) is 0 Å². The molecule has 0 N–H and O–H groups in total. The van der Waals surface area contributed by atoms with Crippen molar-refractivity contribution >= 4 is 28.5 Å². The molecule has 1 heterocycles. The van der Waals surface area contributed by atoms with Crippen molar-refractivity contribution in [2.45, 2.75) is 26.6 Å². The number of aryl methyl sites for hydroxylation is 1. The smallest absolute Gasteiger partial charge is 0.406 e. The van der Waals surface area contributed by atoms with E-state index >= 15 is 0 Å². The molecular formula is C14H13ClF3NO2. The highest BCUT2D eigenvalue weighted by atomic mass is 35.5. The van der Waals surface area contributed by atoms with E-state index in [1.807, 2.05) is 0 Å². The molecule has 0 saturated carbocycles. The topological polar surface area (TPSA) is 31.2 Å². The van der Waals surface area contributed by atoms with Crippen molar-refractivity contribution < 1.29 is 22.7 Å². The molecule has 0 atom stereocenters. The van der Waals surface area contributed by atoms with E-state index in [4.69, 9.17) is 16.3 Å². The van der Waals surface area contributed by atoms with Crippen LogP contribution in [0.2, 0.25) is 5.02 Å². The van der Waals surface area contributed by atoms with Gasteiger partial charge in [-0.05, 0) is 31.5 Å². The second-order valence-electron chi connectivity index (χ2n) is 4.58. The average Bonchev–Trinajstić information content (AvgIpc) is 2.72. The van der Waals surface area contributed by atoms with Crippen LogP contribution in [-0.4, -0.2) is 23.3 Å². The number of hydrogen-bond donors (Lipinski definition) is 0. The molecule has 0 aliphatic heterocycles. The lowest BCUT2D eigenvalue weighted by Crippen LogP contribution is -2.21. The summed E-state index contributed by atoms with van der Waals surface area (Å²) in [6, 6.07) is 4.48. The molecule has 0 unspecified atom stereocenters. The molecule has 0 amide bonds. The summed E-state index contributed by atoms with van der Waals surface area (Å²) in [6.45, 7) is 2.14. The minimum atomic E-state index is -4.45. The first kappa shape index (κ1) is 15.7. The van der Waals surface area contributed by atoms with Gasteiger partial charge in [-0.3, -0.25) is 0 Å². The molecule has 7 heteroatoms.